The fraction of sp³-hybridized carbons (Fsp3) is 0.182. The zero-order valence-electron chi connectivity index (χ0n) is 18.9. The number of amides is 3. The van der Waals surface area contributed by atoms with Crippen molar-refractivity contribution in [2.45, 2.75) is 26.8 Å². The number of hydrogen-bond donors (Lipinski definition) is 3. The lowest BCUT2D eigenvalue weighted by Gasteiger charge is -2.11. The van der Waals surface area contributed by atoms with Crippen LogP contribution in [0.3, 0.4) is 0 Å². The van der Waals surface area contributed by atoms with Gasteiger partial charge in [0.15, 0.2) is 0 Å². The van der Waals surface area contributed by atoms with Crippen molar-refractivity contribution in [3.8, 4) is 22.5 Å². The Morgan fingerprint density at radius 2 is 1.86 bits per heavy atom. The molecule has 3 aromatic heterocycles. The molecule has 0 aliphatic heterocycles. The highest BCUT2D eigenvalue weighted by atomic mass is 35.5. The van der Waals surface area contributed by atoms with Crippen molar-refractivity contribution >= 4 is 23.5 Å². The van der Waals surface area contributed by atoms with E-state index in [-0.39, 0.29) is 51.4 Å². The summed E-state index contributed by atoms with van der Waals surface area (Å²) in [5.74, 6) is -2.11. The summed E-state index contributed by atoms with van der Waals surface area (Å²) in [5, 5.41) is 9.84. The predicted molar refractivity (Wildman–Crippen MR) is 121 cm³/mol. The topological polar surface area (TPSA) is 148 Å². The second-order valence-electron chi connectivity index (χ2n) is 7.40. The van der Waals surface area contributed by atoms with Gasteiger partial charge in [0.2, 0.25) is 17.5 Å². The number of benzene rings is 1. The van der Waals surface area contributed by atoms with Crippen LogP contribution in [0.5, 0.6) is 0 Å². The lowest BCUT2D eigenvalue weighted by Crippen LogP contribution is -2.46. The molecule has 1 aromatic carbocycles. The fourth-order valence-electron chi connectivity index (χ4n) is 3.14. The molecule has 186 valence electrons. The second-order valence-corrected chi connectivity index (χ2v) is 7.83. The molecular weight excluding hydrogens is 500 g/mol. The van der Waals surface area contributed by atoms with E-state index in [1.54, 1.807) is 6.92 Å². The van der Waals surface area contributed by atoms with Crippen LogP contribution < -0.4 is 16.2 Å². The van der Waals surface area contributed by atoms with Crippen LogP contribution in [-0.2, 0) is 13.0 Å². The van der Waals surface area contributed by atoms with Crippen LogP contribution in [0, 0.1) is 18.6 Å². The van der Waals surface area contributed by atoms with Gasteiger partial charge in [-0.25, -0.2) is 19.0 Å². The average molecular weight is 518 g/mol. The monoisotopic (exact) mass is 517 g/mol. The Bertz CT molecular complexity index is 1440. The number of pyridine rings is 1. The molecule has 0 aliphatic carbocycles. The molecule has 14 heteroatoms. The Morgan fingerprint density at radius 1 is 1.06 bits per heavy atom. The number of nitrogens with one attached hydrogen (secondary N) is 3. The molecule has 0 unspecified atom stereocenters. The van der Waals surface area contributed by atoms with Crippen molar-refractivity contribution in [2.75, 3.05) is 0 Å². The van der Waals surface area contributed by atoms with Crippen LogP contribution in [0.25, 0.3) is 22.5 Å². The van der Waals surface area contributed by atoms with Crippen molar-refractivity contribution in [3.63, 3.8) is 0 Å². The highest BCUT2D eigenvalue weighted by molar-refractivity contribution is 6.31. The molecule has 0 saturated carbocycles. The minimum Gasteiger partial charge on any atom is -0.351 e. The molecule has 4 aromatic rings. The summed E-state index contributed by atoms with van der Waals surface area (Å²) in [7, 11) is 0. The van der Waals surface area contributed by atoms with Crippen molar-refractivity contribution in [1.82, 2.24) is 36.4 Å². The van der Waals surface area contributed by atoms with Gasteiger partial charge >= 0.3 is 11.9 Å². The molecule has 0 fully saturated rings. The van der Waals surface area contributed by atoms with Gasteiger partial charge in [-0.2, -0.15) is 4.98 Å². The van der Waals surface area contributed by atoms with Gasteiger partial charge in [0, 0.05) is 29.8 Å². The Hall–Kier alpha value is -4.39. The molecule has 3 N–H and O–H groups in total. The molecule has 0 atom stereocenters. The number of carbonyl (C=O) groups excluding carboxylic acids is 2. The molecule has 11 nitrogen and oxygen atoms in total. The molecule has 0 bridgehead atoms. The number of aryl methyl sites for hydroxylation is 2. The van der Waals surface area contributed by atoms with Crippen LogP contribution in [-0.4, -0.2) is 32.2 Å². The number of rotatable bonds is 6. The summed E-state index contributed by atoms with van der Waals surface area (Å²) in [6, 6.07) is 4.23. The Balaban J connectivity index is 1.44. The molecule has 0 radical (unpaired) electrons. The van der Waals surface area contributed by atoms with Crippen molar-refractivity contribution < 1.29 is 27.4 Å². The van der Waals surface area contributed by atoms with Gasteiger partial charge < -0.3 is 14.4 Å². The first-order valence-electron chi connectivity index (χ1n) is 10.5. The normalized spacial score (nSPS) is 10.8. The standard InChI is InChI=1S/C22H18ClF2N7O4/c1-3-13-7-18(36-31-13)21(33)29-30-22(34)27-9-17-15(24)4-11(8-26-17)14-5-12(23)6-16(25)19(14)20-28-10(2)35-32-20/h4-8H,3,9H2,1-2H3,(H,29,33)(H2,27,30,34). The minimum atomic E-state index is -0.824. The first kappa shape index (κ1) is 24.7. The predicted octanol–water partition coefficient (Wildman–Crippen LogP) is 3.73. The molecule has 3 heterocycles. The van der Waals surface area contributed by atoms with E-state index in [2.05, 4.69) is 36.4 Å². The third-order valence-electron chi connectivity index (χ3n) is 4.89. The van der Waals surface area contributed by atoms with Crippen LogP contribution in [0.15, 0.2) is 39.5 Å². The molecular formula is C22H18ClF2N7O4. The van der Waals surface area contributed by atoms with Gasteiger partial charge in [0.25, 0.3) is 0 Å². The largest absolute Gasteiger partial charge is 0.351 e. The molecule has 36 heavy (non-hydrogen) atoms. The number of hydrogen-bond acceptors (Lipinski definition) is 8. The lowest BCUT2D eigenvalue weighted by atomic mass is 9.99. The third-order valence-corrected chi connectivity index (χ3v) is 5.10. The van der Waals surface area contributed by atoms with Crippen LogP contribution >= 0.6 is 11.6 Å². The number of aromatic nitrogens is 4. The van der Waals surface area contributed by atoms with Crippen LogP contribution in [0.4, 0.5) is 13.6 Å². The van der Waals surface area contributed by atoms with E-state index in [1.807, 2.05) is 6.92 Å². The summed E-state index contributed by atoms with van der Waals surface area (Å²) in [4.78, 5) is 32.0. The minimum absolute atomic E-state index is 0.0298. The van der Waals surface area contributed by atoms with E-state index in [0.717, 1.165) is 12.1 Å². The zero-order valence-corrected chi connectivity index (χ0v) is 19.6. The summed E-state index contributed by atoms with van der Waals surface area (Å²) in [6.07, 6.45) is 1.86. The molecule has 0 aliphatic rings. The Kier molecular flexibility index (Phi) is 7.20. The van der Waals surface area contributed by atoms with Gasteiger partial charge in [0.1, 0.15) is 11.6 Å². The SMILES string of the molecule is CCc1cc(C(=O)NNC(=O)NCc2ncc(-c3cc(Cl)cc(F)c3-c3noc(C)n3)cc2F)on1. The third kappa shape index (κ3) is 5.46. The number of urea groups is 1. The number of nitrogens with zero attached hydrogens (tertiary/aromatic N) is 4. The van der Waals surface area contributed by atoms with E-state index >= 15 is 0 Å². The van der Waals surface area contributed by atoms with Gasteiger partial charge in [-0.3, -0.25) is 15.2 Å². The molecule has 0 saturated heterocycles. The molecule has 3 amide bonds. The lowest BCUT2D eigenvalue weighted by molar-refractivity contribution is 0.0899. The van der Waals surface area contributed by atoms with E-state index in [0.29, 0.717) is 12.1 Å². The maximum atomic E-state index is 14.8. The zero-order chi connectivity index (χ0) is 25.8. The Morgan fingerprint density at radius 3 is 2.53 bits per heavy atom. The van der Waals surface area contributed by atoms with E-state index in [1.165, 1.54) is 18.3 Å². The van der Waals surface area contributed by atoms with E-state index in [9.17, 15) is 18.4 Å². The highest BCUT2D eigenvalue weighted by Crippen LogP contribution is 2.35. The smallest absolute Gasteiger partial charge is 0.333 e. The highest BCUT2D eigenvalue weighted by Gasteiger charge is 2.20. The van der Waals surface area contributed by atoms with Crippen molar-refractivity contribution in [3.05, 3.63) is 70.2 Å². The molecule has 4 rings (SSSR count). The first-order chi connectivity index (χ1) is 17.2. The average Bonchev–Trinajstić information content (AvgIpc) is 3.50. The van der Waals surface area contributed by atoms with Gasteiger partial charge in [-0.15, -0.1) is 0 Å². The summed E-state index contributed by atoms with van der Waals surface area (Å²) < 4.78 is 39.3. The van der Waals surface area contributed by atoms with Gasteiger partial charge in [-0.1, -0.05) is 28.8 Å². The second kappa shape index (κ2) is 10.5. The van der Waals surface area contributed by atoms with Gasteiger partial charge in [-0.05, 0) is 30.2 Å². The number of carbonyl (C=O) groups is 2. The quantitative estimate of drug-likeness (QED) is 0.328. The molecule has 0 spiro atoms. The van der Waals surface area contributed by atoms with Crippen molar-refractivity contribution in [1.29, 1.82) is 0 Å². The van der Waals surface area contributed by atoms with E-state index in [4.69, 9.17) is 20.6 Å². The van der Waals surface area contributed by atoms with Crippen LogP contribution in [0.2, 0.25) is 5.02 Å². The fourth-order valence-corrected chi connectivity index (χ4v) is 3.35. The summed E-state index contributed by atoms with van der Waals surface area (Å²) in [5.41, 5.74) is 5.08. The van der Waals surface area contributed by atoms with E-state index < -0.39 is 23.6 Å². The Labute approximate surface area is 207 Å². The number of hydrazine groups is 1. The van der Waals surface area contributed by atoms with Gasteiger partial charge in [0.05, 0.1) is 23.5 Å². The summed E-state index contributed by atoms with van der Waals surface area (Å²) in [6.45, 7) is 3.08. The summed E-state index contributed by atoms with van der Waals surface area (Å²) >= 11 is 6.01. The number of halogens is 3. The maximum absolute atomic E-state index is 14.8. The van der Waals surface area contributed by atoms with Crippen LogP contribution in [0.1, 0.15) is 34.8 Å². The van der Waals surface area contributed by atoms with Crippen molar-refractivity contribution in [2.24, 2.45) is 0 Å². The maximum Gasteiger partial charge on any atom is 0.333 e. The first-order valence-corrected chi connectivity index (χ1v) is 10.9.